The van der Waals surface area contributed by atoms with E-state index in [-0.39, 0.29) is 5.97 Å². The summed E-state index contributed by atoms with van der Waals surface area (Å²) in [6.07, 6.45) is 0. The number of nitrogens with zero attached hydrogens (tertiary/aromatic N) is 2. The van der Waals surface area contributed by atoms with E-state index in [1.165, 1.54) is 7.11 Å². The number of hydrogen-bond acceptors (Lipinski definition) is 6. The molecule has 0 radical (unpaired) electrons. The van der Waals surface area contributed by atoms with Crippen LogP contribution in [0.1, 0.15) is 11.6 Å². The Bertz CT molecular complexity index is 456. The van der Waals surface area contributed by atoms with E-state index in [2.05, 4.69) is 22.4 Å². The van der Waals surface area contributed by atoms with Crippen molar-refractivity contribution in [2.45, 2.75) is 6.04 Å². The number of methoxy groups -OCH3 is 2. The summed E-state index contributed by atoms with van der Waals surface area (Å²) in [5, 5.41) is 2.08. The van der Waals surface area contributed by atoms with E-state index in [4.69, 9.17) is 9.47 Å². The van der Waals surface area contributed by atoms with Gasteiger partial charge in [0.25, 0.3) is 0 Å². The fourth-order valence-corrected chi connectivity index (χ4v) is 2.30. The number of nitrogens with one attached hydrogen (secondary N) is 1. The minimum absolute atomic E-state index is 0.293. The number of rotatable bonds is 5. The molecule has 1 aromatic rings. The quantitative estimate of drug-likeness (QED) is 0.805. The van der Waals surface area contributed by atoms with E-state index in [9.17, 15) is 4.79 Å². The van der Waals surface area contributed by atoms with Gasteiger partial charge >= 0.3 is 5.97 Å². The average Bonchev–Trinajstić information content (AvgIpc) is 2.54. The summed E-state index contributed by atoms with van der Waals surface area (Å²) in [7, 11) is 5.12. The molecular formula is C15H23N3O3. The molecule has 1 atom stereocenters. The Morgan fingerprint density at radius 2 is 1.76 bits per heavy atom. The van der Waals surface area contributed by atoms with Gasteiger partial charge in [0.2, 0.25) is 0 Å². The van der Waals surface area contributed by atoms with Crippen molar-refractivity contribution in [2.24, 2.45) is 0 Å². The van der Waals surface area contributed by atoms with E-state index in [1.807, 2.05) is 24.3 Å². The van der Waals surface area contributed by atoms with Crippen LogP contribution in [0.4, 0.5) is 0 Å². The Labute approximate surface area is 125 Å². The van der Waals surface area contributed by atoms with Gasteiger partial charge < -0.3 is 14.4 Å². The Balaban J connectivity index is 2.08. The molecule has 0 aromatic heterocycles. The van der Waals surface area contributed by atoms with Crippen LogP contribution in [0.15, 0.2) is 24.3 Å². The minimum atomic E-state index is -0.496. The highest BCUT2D eigenvalue weighted by atomic mass is 16.5. The fourth-order valence-electron chi connectivity index (χ4n) is 2.30. The molecule has 21 heavy (non-hydrogen) atoms. The molecule has 6 heteroatoms. The van der Waals surface area contributed by atoms with Crippen LogP contribution in [0.5, 0.6) is 5.75 Å². The molecule has 1 unspecified atom stereocenters. The van der Waals surface area contributed by atoms with Gasteiger partial charge in [-0.1, -0.05) is 12.1 Å². The summed E-state index contributed by atoms with van der Waals surface area (Å²) in [5.74, 6) is 0.473. The molecule has 1 aliphatic heterocycles. The third kappa shape index (κ3) is 4.17. The maximum atomic E-state index is 12.1. The lowest BCUT2D eigenvalue weighted by molar-refractivity contribution is -0.145. The van der Waals surface area contributed by atoms with Gasteiger partial charge in [-0.3, -0.25) is 0 Å². The number of carbonyl (C=O) groups excluding carboxylic acids is 1. The lowest BCUT2D eigenvalue weighted by Gasteiger charge is -2.34. The predicted molar refractivity (Wildman–Crippen MR) is 80.0 cm³/mol. The number of piperazine rings is 1. The molecule has 0 spiro atoms. The highest BCUT2D eigenvalue weighted by Crippen LogP contribution is 2.19. The molecule has 0 saturated carbocycles. The number of hydrazine groups is 1. The molecule has 0 aliphatic carbocycles. The monoisotopic (exact) mass is 293 g/mol. The van der Waals surface area contributed by atoms with Gasteiger partial charge in [-0.05, 0) is 24.7 Å². The second-order valence-electron chi connectivity index (χ2n) is 5.15. The minimum Gasteiger partial charge on any atom is -0.497 e. The van der Waals surface area contributed by atoms with Crippen LogP contribution in [-0.2, 0) is 9.53 Å². The summed E-state index contributed by atoms with van der Waals surface area (Å²) in [5.41, 5.74) is 4.13. The van der Waals surface area contributed by atoms with E-state index in [0.717, 1.165) is 37.5 Å². The molecule has 116 valence electrons. The van der Waals surface area contributed by atoms with Crippen LogP contribution in [0.25, 0.3) is 0 Å². The normalized spacial score (nSPS) is 18.2. The molecule has 1 aromatic carbocycles. The van der Waals surface area contributed by atoms with Crippen LogP contribution in [0.2, 0.25) is 0 Å². The van der Waals surface area contributed by atoms with E-state index < -0.39 is 6.04 Å². The second-order valence-corrected chi connectivity index (χ2v) is 5.15. The summed E-state index contributed by atoms with van der Waals surface area (Å²) in [4.78, 5) is 14.3. The number of carbonyl (C=O) groups is 1. The second kappa shape index (κ2) is 7.40. The first-order chi connectivity index (χ1) is 10.1. The zero-order chi connectivity index (χ0) is 15.2. The van der Waals surface area contributed by atoms with Gasteiger partial charge in [0, 0.05) is 26.2 Å². The maximum absolute atomic E-state index is 12.1. The Morgan fingerprint density at radius 1 is 1.14 bits per heavy atom. The fraction of sp³-hybridized carbons (Fsp3) is 0.533. The zero-order valence-corrected chi connectivity index (χ0v) is 12.8. The highest BCUT2D eigenvalue weighted by molar-refractivity contribution is 5.77. The molecule has 0 amide bonds. The molecular weight excluding hydrogens is 270 g/mol. The Hall–Kier alpha value is -1.63. The van der Waals surface area contributed by atoms with E-state index in [1.54, 1.807) is 7.11 Å². The number of ether oxygens (including phenoxy) is 2. The van der Waals surface area contributed by atoms with Crippen molar-refractivity contribution in [3.05, 3.63) is 29.8 Å². The lowest BCUT2D eigenvalue weighted by atomic mass is 10.1. The summed E-state index contributed by atoms with van der Waals surface area (Å²) < 4.78 is 10.1. The largest absolute Gasteiger partial charge is 0.497 e. The average molecular weight is 293 g/mol. The summed E-state index contributed by atoms with van der Waals surface area (Å²) in [6.45, 7) is 3.70. The van der Waals surface area contributed by atoms with Crippen molar-refractivity contribution in [3.63, 3.8) is 0 Å². The maximum Gasteiger partial charge on any atom is 0.328 e. The Morgan fingerprint density at radius 3 is 2.29 bits per heavy atom. The third-order valence-electron chi connectivity index (χ3n) is 3.70. The SMILES string of the molecule is COC(=O)C(NN1CCN(C)CC1)c1ccc(OC)cc1. The van der Waals surface area contributed by atoms with Gasteiger partial charge in [0.05, 0.1) is 14.2 Å². The van der Waals surface area contributed by atoms with Gasteiger partial charge in [-0.15, -0.1) is 0 Å². The first-order valence-corrected chi connectivity index (χ1v) is 7.05. The van der Waals surface area contributed by atoms with Crippen LogP contribution in [0, 0.1) is 0 Å². The van der Waals surface area contributed by atoms with Crippen molar-refractivity contribution in [1.29, 1.82) is 0 Å². The van der Waals surface area contributed by atoms with Gasteiger partial charge in [-0.25, -0.2) is 15.2 Å². The van der Waals surface area contributed by atoms with Crippen LogP contribution < -0.4 is 10.2 Å². The van der Waals surface area contributed by atoms with Crippen LogP contribution >= 0.6 is 0 Å². The van der Waals surface area contributed by atoms with Crippen molar-refractivity contribution in [3.8, 4) is 5.75 Å². The molecule has 2 rings (SSSR count). The van der Waals surface area contributed by atoms with Crippen LogP contribution in [0.3, 0.4) is 0 Å². The van der Waals surface area contributed by atoms with E-state index >= 15 is 0 Å². The Kier molecular flexibility index (Phi) is 5.55. The van der Waals surface area contributed by atoms with Crippen molar-refractivity contribution < 1.29 is 14.3 Å². The highest BCUT2D eigenvalue weighted by Gasteiger charge is 2.25. The van der Waals surface area contributed by atoms with Crippen LogP contribution in [-0.4, -0.2) is 63.3 Å². The van der Waals surface area contributed by atoms with Gasteiger partial charge in [0.1, 0.15) is 11.8 Å². The zero-order valence-electron chi connectivity index (χ0n) is 12.8. The number of hydrogen-bond donors (Lipinski definition) is 1. The lowest BCUT2D eigenvalue weighted by Crippen LogP contribution is -2.52. The van der Waals surface area contributed by atoms with Crippen molar-refractivity contribution in [2.75, 3.05) is 47.4 Å². The molecule has 1 fully saturated rings. The van der Waals surface area contributed by atoms with Gasteiger partial charge in [0.15, 0.2) is 0 Å². The summed E-state index contributed by atoms with van der Waals surface area (Å²) >= 11 is 0. The van der Waals surface area contributed by atoms with E-state index in [0.29, 0.717) is 0 Å². The summed E-state index contributed by atoms with van der Waals surface area (Å²) in [6, 6.07) is 6.95. The third-order valence-corrected chi connectivity index (χ3v) is 3.70. The molecule has 1 aliphatic rings. The molecule has 1 heterocycles. The standard InChI is InChI=1S/C15H23N3O3/c1-17-8-10-18(11-9-17)16-14(15(19)21-3)12-4-6-13(20-2)7-5-12/h4-7,14,16H,8-11H2,1-3H3. The number of esters is 1. The molecule has 0 bridgehead atoms. The van der Waals surface area contributed by atoms with Crippen molar-refractivity contribution >= 4 is 5.97 Å². The van der Waals surface area contributed by atoms with Crippen molar-refractivity contribution in [1.82, 2.24) is 15.3 Å². The molecule has 1 saturated heterocycles. The molecule has 1 N–H and O–H groups in total. The predicted octanol–water partition coefficient (Wildman–Crippen LogP) is 0.661. The molecule has 6 nitrogen and oxygen atoms in total. The first kappa shape index (κ1) is 15.8. The first-order valence-electron chi connectivity index (χ1n) is 7.05. The number of benzene rings is 1. The number of likely N-dealkylation sites (N-methyl/N-ethyl adjacent to an activating group) is 1. The smallest absolute Gasteiger partial charge is 0.328 e. The van der Waals surface area contributed by atoms with Gasteiger partial charge in [-0.2, -0.15) is 0 Å². The topological polar surface area (TPSA) is 54.0 Å².